The first-order valence-corrected chi connectivity index (χ1v) is 18.6. The van der Waals surface area contributed by atoms with E-state index < -0.39 is 7.14 Å². The van der Waals surface area contributed by atoms with Gasteiger partial charge in [-0.25, -0.2) is 0 Å². The fourth-order valence-corrected chi connectivity index (χ4v) is 9.46. The molecule has 3 atom stereocenters. The first-order valence-electron chi connectivity index (χ1n) is 16.4. The molecule has 4 heterocycles. The Labute approximate surface area is 276 Å². The van der Waals surface area contributed by atoms with Gasteiger partial charge < -0.3 is 33.3 Å². The molecule has 0 bridgehead atoms. The van der Waals surface area contributed by atoms with Gasteiger partial charge in [-0.2, -0.15) is 0 Å². The van der Waals surface area contributed by atoms with Crippen LogP contribution in [0.25, 0.3) is 0 Å². The van der Waals surface area contributed by atoms with Crippen LogP contribution in [0, 0.1) is 0 Å². The van der Waals surface area contributed by atoms with Gasteiger partial charge in [-0.15, -0.1) is 0 Å². The summed E-state index contributed by atoms with van der Waals surface area (Å²) >= 11 is 0. The molecule has 6 rings (SSSR count). The monoisotopic (exact) mass is 661 g/mol. The van der Waals surface area contributed by atoms with Gasteiger partial charge in [0, 0.05) is 55.5 Å². The van der Waals surface area contributed by atoms with E-state index in [4.69, 9.17) is 18.9 Å². The highest BCUT2D eigenvalue weighted by Gasteiger charge is 2.36. The van der Waals surface area contributed by atoms with Crippen molar-refractivity contribution >= 4 is 30.9 Å². The van der Waals surface area contributed by atoms with Gasteiger partial charge in [-0.05, 0) is 55.9 Å². The number of aliphatic imine (C=N–C) groups is 1. The smallest absolute Gasteiger partial charge is 0.257 e. The zero-order valence-electron chi connectivity index (χ0n) is 27.6. The first-order chi connectivity index (χ1) is 22.6. The van der Waals surface area contributed by atoms with E-state index in [1.54, 1.807) is 36.4 Å². The number of carbonyl (C=O) groups excluding carboxylic acids is 2. The van der Waals surface area contributed by atoms with E-state index in [-0.39, 0.29) is 37.1 Å². The van der Waals surface area contributed by atoms with Gasteiger partial charge >= 0.3 is 0 Å². The highest BCUT2D eigenvalue weighted by atomic mass is 31.2. The molecular formula is C36H44N3O7P. The molecule has 2 amide bonds. The van der Waals surface area contributed by atoms with Crippen LogP contribution in [-0.2, 0) is 11.0 Å². The van der Waals surface area contributed by atoms with Crippen molar-refractivity contribution in [2.45, 2.75) is 51.1 Å². The van der Waals surface area contributed by atoms with Crippen LogP contribution in [-0.4, -0.2) is 98.9 Å². The van der Waals surface area contributed by atoms with Crippen molar-refractivity contribution in [2.75, 3.05) is 59.0 Å². The SMILES string of the molecule is C=C1C[C@H]2CCc3cc(OCCP(=O)(CCC)CCOc4cc5c(cc4OC)C(=O)N4CC(=C)C[C@H]4C=N5)c(OC)cc3C(=O)N2C1. The summed E-state index contributed by atoms with van der Waals surface area (Å²) in [5, 5.41) is 0. The summed E-state index contributed by atoms with van der Waals surface area (Å²) in [7, 11) is 0.440. The Balaban J connectivity index is 1.10. The van der Waals surface area contributed by atoms with E-state index in [0.717, 1.165) is 42.4 Å². The molecular weight excluding hydrogens is 617 g/mol. The topological polar surface area (TPSA) is 107 Å². The minimum atomic E-state index is -2.66. The van der Waals surface area contributed by atoms with E-state index in [0.29, 0.717) is 77.8 Å². The molecule has 0 spiro atoms. The maximum Gasteiger partial charge on any atom is 0.257 e. The van der Waals surface area contributed by atoms with Crippen LogP contribution in [0.4, 0.5) is 5.69 Å². The summed E-state index contributed by atoms with van der Waals surface area (Å²) in [5.41, 5.74) is 4.68. The number of rotatable bonds is 12. The number of fused-ring (bicyclic) bond motifs is 4. The molecule has 2 aromatic rings. The lowest BCUT2D eigenvalue weighted by Gasteiger charge is -2.22. The number of aryl methyl sites for hydroxylation is 1. The molecule has 1 unspecified atom stereocenters. The minimum absolute atomic E-state index is 0.00887. The molecule has 0 aliphatic carbocycles. The fraction of sp³-hybridized carbons (Fsp3) is 0.472. The van der Waals surface area contributed by atoms with Crippen molar-refractivity contribution in [1.29, 1.82) is 0 Å². The fourth-order valence-electron chi connectivity index (χ4n) is 7.12. The average molecular weight is 662 g/mol. The molecule has 0 saturated carbocycles. The summed E-state index contributed by atoms with van der Waals surface area (Å²) in [6, 6.07) is 7.17. The Hall–Kier alpha value is -4.04. The Morgan fingerprint density at radius 2 is 1.45 bits per heavy atom. The number of hydrogen-bond acceptors (Lipinski definition) is 8. The second-order valence-corrected chi connectivity index (χ2v) is 16.4. The van der Waals surface area contributed by atoms with Gasteiger partial charge in [0.05, 0.1) is 51.9 Å². The molecule has 47 heavy (non-hydrogen) atoms. The van der Waals surface area contributed by atoms with Crippen LogP contribution < -0.4 is 18.9 Å². The lowest BCUT2D eigenvalue weighted by atomic mass is 10.00. The van der Waals surface area contributed by atoms with Gasteiger partial charge in [-0.1, -0.05) is 31.2 Å². The minimum Gasteiger partial charge on any atom is -0.493 e. The summed E-state index contributed by atoms with van der Waals surface area (Å²) < 4.78 is 37.6. The van der Waals surface area contributed by atoms with Crippen LogP contribution >= 0.6 is 7.14 Å². The molecule has 2 saturated heterocycles. The van der Waals surface area contributed by atoms with Crippen molar-refractivity contribution in [3.63, 3.8) is 0 Å². The Kier molecular flexibility index (Phi) is 9.51. The molecule has 0 aromatic heterocycles. The number of carbonyl (C=O) groups is 2. The normalized spacial score (nSPS) is 21.3. The molecule has 0 radical (unpaired) electrons. The molecule has 2 aromatic carbocycles. The first kappa shape index (κ1) is 32.9. The highest BCUT2D eigenvalue weighted by molar-refractivity contribution is 7.63. The van der Waals surface area contributed by atoms with Crippen molar-refractivity contribution in [3.8, 4) is 23.0 Å². The highest BCUT2D eigenvalue weighted by Crippen LogP contribution is 2.47. The summed E-state index contributed by atoms with van der Waals surface area (Å²) in [6.45, 7) is 11.7. The molecule has 0 N–H and O–H groups in total. The number of amides is 2. The molecule has 250 valence electrons. The lowest BCUT2D eigenvalue weighted by molar-refractivity contribution is 0.0740. The van der Waals surface area contributed by atoms with Crippen molar-refractivity contribution in [1.82, 2.24) is 9.80 Å². The molecule has 2 fully saturated rings. The largest absolute Gasteiger partial charge is 0.493 e. The third-order valence-electron chi connectivity index (χ3n) is 9.58. The van der Waals surface area contributed by atoms with Crippen molar-refractivity contribution in [3.05, 3.63) is 65.3 Å². The van der Waals surface area contributed by atoms with E-state index in [1.807, 2.05) is 17.9 Å². The van der Waals surface area contributed by atoms with Crippen LogP contribution in [0.2, 0.25) is 0 Å². The summed E-state index contributed by atoms with van der Waals surface area (Å²) in [4.78, 5) is 35.0. The van der Waals surface area contributed by atoms with E-state index in [2.05, 4.69) is 18.2 Å². The quantitative estimate of drug-likeness (QED) is 0.199. The Bertz CT molecular complexity index is 1680. The Morgan fingerprint density at radius 1 is 0.830 bits per heavy atom. The molecule has 10 nitrogen and oxygen atoms in total. The van der Waals surface area contributed by atoms with Gasteiger partial charge in [0.1, 0.15) is 0 Å². The number of benzene rings is 2. The predicted molar refractivity (Wildman–Crippen MR) is 183 cm³/mol. The zero-order chi connectivity index (χ0) is 33.3. The van der Waals surface area contributed by atoms with Crippen LogP contribution in [0.1, 0.15) is 58.9 Å². The molecule has 4 aliphatic rings. The van der Waals surface area contributed by atoms with E-state index >= 15 is 0 Å². The maximum atomic E-state index is 14.1. The molecule has 11 heteroatoms. The average Bonchev–Trinajstić information content (AvgIpc) is 3.56. The van der Waals surface area contributed by atoms with Crippen LogP contribution in [0.5, 0.6) is 23.0 Å². The van der Waals surface area contributed by atoms with Crippen molar-refractivity contribution in [2.24, 2.45) is 4.99 Å². The number of ether oxygens (including phenoxy) is 4. The van der Waals surface area contributed by atoms with Gasteiger partial charge in [0.2, 0.25) is 0 Å². The van der Waals surface area contributed by atoms with Crippen LogP contribution in [0.15, 0.2) is 53.6 Å². The maximum absolute atomic E-state index is 14.1. The molecule has 4 aliphatic heterocycles. The van der Waals surface area contributed by atoms with Crippen molar-refractivity contribution < 1.29 is 33.1 Å². The number of hydrogen-bond donors (Lipinski definition) is 0. The summed E-state index contributed by atoms with van der Waals surface area (Å²) in [6.07, 6.45) is 7.07. The second-order valence-electron chi connectivity index (χ2n) is 12.9. The van der Waals surface area contributed by atoms with E-state index in [1.165, 1.54) is 7.11 Å². The number of methoxy groups -OCH3 is 2. The third kappa shape index (κ3) is 6.71. The third-order valence-corrected chi connectivity index (χ3v) is 12.8. The van der Waals surface area contributed by atoms with Gasteiger partial charge in [0.15, 0.2) is 23.0 Å². The van der Waals surface area contributed by atoms with Gasteiger partial charge in [0.25, 0.3) is 11.8 Å². The lowest BCUT2D eigenvalue weighted by Crippen LogP contribution is -2.35. The van der Waals surface area contributed by atoms with Crippen LogP contribution in [0.3, 0.4) is 0 Å². The standard InChI is InChI=1S/C36H44N3O7P/c1-6-11-47(42,12-9-45-33-16-25-7-8-26-14-23(2)21-38(26)35(40)28(25)17-31(33)43-4)13-10-46-34-19-30-29(18-32(34)44-5)36(41)39-22-24(3)15-27(39)20-37-30/h16-20,26-27H,2-3,6-15,21-22H2,1,4-5H3/t26-,27+,47?/m1/s1. The number of nitrogens with zero attached hydrogens (tertiary/aromatic N) is 3. The van der Waals surface area contributed by atoms with E-state index in [9.17, 15) is 14.2 Å². The predicted octanol–water partition coefficient (Wildman–Crippen LogP) is 6.14. The Morgan fingerprint density at radius 3 is 2.13 bits per heavy atom. The summed E-state index contributed by atoms with van der Waals surface area (Å²) in [5.74, 6) is 1.83. The second kappa shape index (κ2) is 13.6. The van der Waals surface area contributed by atoms with Gasteiger partial charge in [-0.3, -0.25) is 14.6 Å². The zero-order valence-corrected chi connectivity index (χ0v) is 28.5.